The summed E-state index contributed by atoms with van der Waals surface area (Å²) in [4.78, 5) is 38.1. The molecule has 26 heavy (non-hydrogen) atoms. The average Bonchev–Trinajstić information content (AvgIpc) is 2.89. The molecule has 3 amide bonds. The fraction of sp³-hybridized carbons (Fsp3) is 0.150. The number of nitrogens with one attached hydrogen (secondary N) is 1. The van der Waals surface area contributed by atoms with Crippen LogP contribution in [-0.4, -0.2) is 28.5 Å². The van der Waals surface area contributed by atoms with Gasteiger partial charge in [0, 0.05) is 18.7 Å². The van der Waals surface area contributed by atoms with Crippen LogP contribution >= 0.6 is 11.8 Å². The number of anilines is 1. The van der Waals surface area contributed by atoms with Crippen LogP contribution in [0.1, 0.15) is 17.5 Å². The summed E-state index contributed by atoms with van der Waals surface area (Å²) >= 11 is 0.903. The number of para-hydroxylation sites is 1. The van der Waals surface area contributed by atoms with Crippen LogP contribution in [-0.2, 0) is 9.59 Å². The van der Waals surface area contributed by atoms with Gasteiger partial charge in [0.15, 0.2) is 0 Å². The number of amides is 3. The number of benzene rings is 2. The van der Waals surface area contributed by atoms with Crippen LogP contribution in [0.5, 0.6) is 0 Å². The molecule has 0 aliphatic carbocycles. The lowest BCUT2D eigenvalue weighted by Crippen LogP contribution is -2.31. The van der Waals surface area contributed by atoms with Gasteiger partial charge in [-0.2, -0.15) is 0 Å². The van der Waals surface area contributed by atoms with Crippen molar-refractivity contribution in [2.24, 2.45) is 0 Å². The molecular formula is C20H18N2O3S. The summed E-state index contributed by atoms with van der Waals surface area (Å²) in [6.45, 7) is 2.05. The van der Waals surface area contributed by atoms with E-state index >= 15 is 0 Å². The Bertz CT molecular complexity index is 860. The smallest absolute Gasteiger partial charge is 0.293 e. The predicted molar refractivity (Wildman–Crippen MR) is 104 cm³/mol. The molecule has 1 aliphatic heterocycles. The predicted octanol–water partition coefficient (Wildman–Crippen LogP) is 4.06. The molecule has 6 heteroatoms. The van der Waals surface area contributed by atoms with Gasteiger partial charge < -0.3 is 5.32 Å². The highest BCUT2D eigenvalue weighted by Gasteiger charge is 2.34. The summed E-state index contributed by atoms with van der Waals surface area (Å²) in [5, 5.41) is 2.40. The maximum absolute atomic E-state index is 12.4. The lowest BCUT2D eigenvalue weighted by Gasteiger charge is -2.12. The third-order valence-corrected chi connectivity index (χ3v) is 4.78. The van der Waals surface area contributed by atoms with Gasteiger partial charge in [-0.05, 0) is 42.5 Å². The number of hydrogen-bond acceptors (Lipinski definition) is 4. The number of rotatable bonds is 5. The number of nitrogens with zero attached hydrogens (tertiary/aromatic N) is 1. The van der Waals surface area contributed by atoms with Crippen molar-refractivity contribution in [2.75, 3.05) is 11.9 Å². The molecule has 2 aromatic carbocycles. The van der Waals surface area contributed by atoms with Crippen molar-refractivity contribution in [2.45, 2.75) is 13.3 Å². The van der Waals surface area contributed by atoms with Gasteiger partial charge in [-0.25, -0.2) is 0 Å². The van der Waals surface area contributed by atoms with Gasteiger partial charge in [0.1, 0.15) is 0 Å². The highest BCUT2D eigenvalue weighted by Crippen LogP contribution is 2.32. The molecule has 0 saturated carbocycles. The van der Waals surface area contributed by atoms with Crippen LogP contribution in [0.2, 0.25) is 0 Å². The zero-order valence-corrected chi connectivity index (χ0v) is 15.1. The van der Waals surface area contributed by atoms with Gasteiger partial charge >= 0.3 is 0 Å². The normalized spacial score (nSPS) is 15.6. The minimum Gasteiger partial charge on any atom is -0.326 e. The number of hydrogen-bond donors (Lipinski definition) is 1. The van der Waals surface area contributed by atoms with E-state index in [1.54, 1.807) is 18.2 Å². The molecule has 1 aliphatic rings. The Morgan fingerprint density at radius 3 is 2.46 bits per heavy atom. The molecule has 0 bridgehead atoms. The number of aryl methyl sites for hydroxylation is 1. The van der Waals surface area contributed by atoms with Crippen molar-refractivity contribution in [3.05, 3.63) is 70.6 Å². The average molecular weight is 366 g/mol. The molecular weight excluding hydrogens is 348 g/mol. The summed E-state index contributed by atoms with van der Waals surface area (Å²) in [5.74, 6) is -0.592. The quantitative estimate of drug-likeness (QED) is 0.811. The second-order valence-electron chi connectivity index (χ2n) is 5.91. The maximum atomic E-state index is 12.4. The van der Waals surface area contributed by atoms with E-state index in [1.165, 1.54) is 0 Å². The van der Waals surface area contributed by atoms with E-state index in [9.17, 15) is 14.4 Å². The molecule has 1 saturated heterocycles. The summed E-state index contributed by atoms with van der Waals surface area (Å²) < 4.78 is 0. The van der Waals surface area contributed by atoms with Crippen molar-refractivity contribution < 1.29 is 14.4 Å². The summed E-state index contributed by atoms with van der Waals surface area (Å²) in [6.07, 6.45) is 1.76. The van der Waals surface area contributed by atoms with Gasteiger partial charge in [0.25, 0.3) is 11.1 Å². The topological polar surface area (TPSA) is 66.5 Å². The van der Waals surface area contributed by atoms with Crippen LogP contribution < -0.4 is 5.32 Å². The second kappa shape index (κ2) is 8.01. The van der Waals surface area contributed by atoms with Crippen molar-refractivity contribution in [1.29, 1.82) is 0 Å². The van der Waals surface area contributed by atoms with E-state index in [0.717, 1.165) is 27.8 Å². The Labute approximate surface area is 156 Å². The Morgan fingerprint density at radius 2 is 1.77 bits per heavy atom. The van der Waals surface area contributed by atoms with Crippen molar-refractivity contribution >= 4 is 40.6 Å². The summed E-state index contributed by atoms with van der Waals surface area (Å²) in [6, 6.07) is 16.8. The van der Waals surface area contributed by atoms with Crippen LogP contribution in [0.4, 0.5) is 10.5 Å². The number of carbonyl (C=O) groups is 3. The molecule has 1 N–H and O–H groups in total. The molecule has 0 atom stereocenters. The SMILES string of the molecule is Cc1ccc(/C=C2/SC(=O)N(CCC(=O)Nc3ccccc3)C2=O)cc1. The highest BCUT2D eigenvalue weighted by molar-refractivity contribution is 8.18. The Kier molecular flexibility index (Phi) is 5.53. The first-order valence-corrected chi connectivity index (χ1v) is 9.01. The molecule has 3 rings (SSSR count). The summed E-state index contributed by atoms with van der Waals surface area (Å²) in [7, 11) is 0. The first-order chi connectivity index (χ1) is 12.5. The lowest BCUT2D eigenvalue weighted by molar-refractivity contribution is -0.123. The van der Waals surface area contributed by atoms with Gasteiger partial charge in [-0.1, -0.05) is 48.0 Å². The zero-order chi connectivity index (χ0) is 18.5. The van der Waals surface area contributed by atoms with E-state index in [1.807, 2.05) is 49.4 Å². The first-order valence-electron chi connectivity index (χ1n) is 8.20. The van der Waals surface area contributed by atoms with Gasteiger partial charge in [-0.15, -0.1) is 0 Å². The van der Waals surface area contributed by atoms with Gasteiger partial charge in [0.2, 0.25) is 5.91 Å². The maximum Gasteiger partial charge on any atom is 0.293 e. The molecule has 0 radical (unpaired) electrons. The van der Waals surface area contributed by atoms with Crippen LogP contribution in [0, 0.1) is 6.92 Å². The molecule has 0 aromatic heterocycles. The van der Waals surface area contributed by atoms with Gasteiger partial charge in [0.05, 0.1) is 4.91 Å². The largest absolute Gasteiger partial charge is 0.326 e. The van der Waals surface area contributed by atoms with E-state index in [-0.39, 0.29) is 30.0 Å². The molecule has 5 nitrogen and oxygen atoms in total. The Morgan fingerprint density at radius 1 is 1.08 bits per heavy atom. The van der Waals surface area contributed by atoms with Crippen molar-refractivity contribution in [3.63, 3.8) is 0 Å². The Balaban J connectivity index is 1.60. The van der Waals surface area contributed by atoms with E-state index in [0.29, 0.717) is 10.6 Å². The molecule has 2 aromatic rings. The highest BCUT2D eigenvalue weighted by atomic mass is 32.2. The summed E-state index contributed by atoms with van der Waals surface area (Å²) in [5.41, 5.74) is 2.67. The standard InChI is InChI=1S/C20H18N2O3S/c1-14-7-9-15(10-8-14)13-17-19(24)22(20(25)26-17)12-11-18(23)21-16-5-3-2-4-6-16/h2-10,13H,11-12H2,1H3,(H,21,23)/b17-13+. The molecule has 1 fully saturated rings. The fourth-order valence-electron chi connectivity index (χ4n) is 2.47. The third kappa shape index (κ3) is 4.40. The minimum atomic E-state index is -0.354. The minimum absolute atomic E-state index is 0.0603. The van der Waals surface area contributed by atoms with Crippen molar-refractivity contribution in [1.82, 2.24) is 4.90 Å². The molecule has 132 valence electrons. The molecule has 1 heterocycles. The number of thioether (sulfide) groups is 1. The van der Waals surface area contributed by atoms with E-state index in [2.05, 4.69) is 5.32 Å². The first kappa shape index (κ1) is 17.9. The molecule has 0 unspecified atom stereocenters. The van der Waals surface area contributed by atoms with Crippen LogP contribution in [0.3, 0.4) is 0 Å². The van der Waals surface area contributed by atoms with Crippen molar-refractivity contribution in [3.8, 4) is 0 Å². The monoisotopic (exact) mass is 366 g/mol. The Hall–Kier alpha value is -2.86. The molecule has 0 spiro atoms. The third-order valence-electron chi connectivity index (χ3n) is 3.87. The zero-order valence-electron chi connectivity index (χ0n) is 14.3. The van der Waals surface area contributed by atoms with Gasteiger partial charge in [-0.3, -0.25) is 19.3 Å². The van der Waals surface area contributed by atoms with E-state index < -0.39 is 0 Å². The number of carbonyl (C=O) groups excluding carboxylic acids is 3. The van der Waals surface area contributed by atoms with Crippen LogP contribution in [0.25, 0.3) is 6.08 Å². The fourth-order valence-corrected chi connectivity index (χ4v) is 3.33. The second-order valence-corrected chi connectivity index (χ2v) is 6.90. The number of imide groups is 1. The van der Waals surface area contributed by atoms with Crippen LogP contribution in [0.15, 0.2) is 59.5 Å². The van der Waals surface area contributed by atoms with E-state index in [4.69, 9.17) is 0 Å². The lowest BCUT2D eigenvalue weighted by atomic mass is 10.1.